The van der Waals surface area contributed by atoms with Gasteiger partial charge in [0.15, 0.2) is 0 Å². The molecule has 1 atom stereocenters. The lowest BCUT2D eigenvalue weighted by Crippen LogP contribution is -2.40. The van der Waals surface area contributed by atoms with Crippen LogP contribution in [-0.2, 0) is 6.42 Å². The normalized spacial score (nSPS) is 22.6. The second kappa shape index (κ2) is 4.58. The van der Waals surface area contributed by atoms with Gasteiger partial charge < -0.3 is 5.73 Å². The molecule has 3 heteroatoms. The molecule has 1 aliphatic heterocycles. The first-order valence-corrected chi connectivity index (χ1v) is 6.60. The molecular weight excluding hydrogens is 222 g/mol. The minimum atomic E-state index is -0.0666. The molecular formula is C15H19N3. The van der Waals surface area contributed by atoms with Gasteiger partial charge in [-0.15, -0.1) is 0 Å². The van der Waals surface area contributed by atoms with Crippen LogP contribution in [0.2, 0.25) is 0 Å². The van der Waals surface area contributed by atoms with Gasteiger partial charge in [-0.05, 0) is 48.5 Å². The number of nitrogens with one attached hydrogen (secondary N) is 1. The molecule has 3 rings (SSSR count). The van der Waals surface area contributed by atoms with Crippen LogP contribution in [0.5, 0.6) is 0 Å². The van der Waals surface area contributed by atoms with E-state index in [1.54, 1.807) is 0 Å². The van der Waals surface area contributed by atoms with Crippen molar-refractivity contribution in [1.29, 1.82) is 0 Å². The lowest BCUT2D eigenvalue weighted by molar-refractivity contribution is 0.593. The highest BCUT2D eigenvalue weighted by molar-refractivity contribution is 6.03. The summed E-state index contributed by atoms with van der Waals surface area (Å²) in [5, 5.41) is 4.47. The molecule has 1 aromatic rings. The molecule has 3 nitrogen and oxygen atoms in total. The molecule has 0 spiro atoms. The lowest BCUT2D eigenvalue weighted by atomic mass is 9.95. The summed E-state index contributed by atoms with van der Waals surface area (Å²) in [4.78, 5) is 0. The summed E-state index contributed by atoms with van der Waals surface area (Å²) >= 11 is 0. The highest BCUT2D eigenvalue weighted by Gasteiger charge is 2.26. The first-order chi connectivity index (χ1) is 8.75. The molecule has 1 heterocycles. The summed E-state index contributed by atoms with van der Waals surface area (Å²) in [6.07, 6.45) is 4.31. The molecule has 1 aromatic carbocycles. The van der Waals surface area contributed by atoms with E-state index in [-0.39, 0.29) is 6.17 Å². The Hall–Kier alpha value is -1.61. The van der Waals surface area contributed by atoms with Crippen molar-refractivity contribution in [2.75, 3.05) is 0 Å². The molecule has 0 saturated carbocycles. The van der Waals surface area contributed by atoms with Gasteiger partial charge in [0.25, 0.3) is 0 Å². The van der Waals surface area contributed by atoms with Gasteiger partial charge in [-0.1, -0.05) is 24.3 Å². The van der Waals surface area contributed by atoms with Crippen molar-refractivity contribution in [2.24, 2.45) is 10.8 Å². The second-order valence-electron chi connectivity index (χ2n) is 5.13. The average molecular weight is 241 g/mol. The third-order valence-corrected chi connectivity index (χ3v) is 3.94. The summed E-state index contributed by atoms with van der Waals surface area (Å²) in [5.41, 5.74) is 15.7. The zero-order valence-electron chi connectivity index (χ0n) is 10.7. The number of nitrogens with two attached hydrogens (primary N) is 1. The molecule has 0 radical (unpaired) electrons. The van der Waals surface area contributed by atoms with Gasteiger partial charge >= 0.3 is 0 Å². The van der Waals surface area contributed by atoms with Crippen LogP contribution in [0.3, 0.4) is 0 Å². The zero-order valence-corrected chi connectivity index (χ0v) is 10.7. The van der Waals surface area contributed by atoms with Crippen LogP contribution < -0.4 is 11.2 Å². The average Bonchev–Trinajstić information content (AvgIpc) is 2.85. The van der Waals surface area contributed by atoms with Gasteiger partial charge in [0.1, 0.15) is 6.17 Å². The van der Waals surface area contributed by atoms with Crippen LogP contribution in [0.4, 0.5) is 0 Å². The van der Waals surface area contributed by atoms with E-state index in [9.17, 15) is 0 Å². The summed E-state index contributed by atoms with van der Waals surface area (Å²) in [7, 11) is 0. The van der Waals surface area contributed by atoms with Crippen molar-refractivity contribution in [1.82, 2.24) is 5.43 Å². The lowest BCUT2D eigenvalue weighted by Gasteiger charge is -2.22. The summed E-state index contributed by atoms with van der Waals surface area (Å²) in [6, 6.07) is 8.51. The van der Waals surface area contributed by atoms with Crippen molar-refractivity contribution in [3.63, 3.8) is 0 Å². The number of benzene rings is 1. The van der Waals surface area contributed by atoms with Crippen molar-refractivity contribution in [2.45, 2.75) is 38.8 Å². The number of hydrogen-bond donors (Lipinski definition) is 2. The number of aryl methyl sites for hydroxylation is 1. The van der Waals surface area contributed by atoms with Crippen molar-refractivity contribution in [3.05, 3.63) is 46.5 Å². The quantitative estimate of drug-likeness (QED) is 0.834. The standard InChI is InChI=1S/C15H19N3/c1-10-5-2-3-6-11(10)9-14-12-7-4-8-13(12)15(16)18-17-14/h2-3,5-6,15,18H,4,7-9,16H2,1H3. The Morgan fingerprint density at radius 3 is 3.00 bits per heavy atom. The van der Waals surface area contributed by atoms with E-state index in [2.05, 4.69) is 41.7 Å². The third-order valence-electron chi connectivity index (χ3n) is 3.94. The van der Waals surface area contributed by atoms with Crippen LogP contribution in [0.25, 0.3) is 0 Å². The third kappa shape index (κ3) is 1.95. The van der Waals surface area contributed by atoms with E-state index < -0.39 is 0 Å². The number of nitrogens with zero attached hydrogens (tertiary/aromatic N) is 1. The van der Waals surface area contributed by atoms with Gasteiger partial charge in [-0.3, -0.25) is 5.43 Å². The van der Waals surface area contributed by atoms with E-state index in [0.29, 0.717) is 0 Å². The smallest absolute Gasteiger partial charge is 0.113 e. The van der Waals surface area contributed by atoms with E-state index in [4.69, 9.17) is 5.73 Å². The summed E-state index contributed by atoms with van der Waals surface area (Å²) in [5.74, 6) is 0. The minimum absolute atomic E-state index is 0.0666. The molecule has 0 fully saturated rings. The summed E-state index contributed by atoms with van der Waals surface area (Å²) in [6.45, 7) is 2.15. The summed E-state index contributed by atoms with van der Waals surface area (Å²) < 4.78 is 0. The van der Waals surface area contributed by atoms with E-state index >= 15 is 0 Å². The molecule has 94 valence electrons. The van der Waals surface area contributed by atoms with Gasteiger partial charge in [-0.25, -0.2) is 0 Å². The fourth-order valence-electron chi connectivity index (χ4n) is 2.87. The predicted octanol–water partition coefficient (Wildman–Crippen LogP) is 2.26. The number of hydrazone groups is 1. The molecule has 3 N–H and O–H groups in total. The Labute approximate surface area is 108 Å². The van der Waals surface area contributed by atoms with E-state index in [1.165, 1.54) is 34.4 Å². The maximum Gasteiger partial charge on any atom is 0.113 e. The number of rotatable bonds is 2. The maximum absolute atomic E-state index is 6.03. The largest absolute Gasteiger partial charge is 0.307 e. The Balaban J connectivity index is 1.88. The monoisotopic (exact) mass is 241 g/mol. The van der Waals surface area contributed by atoms with Gasteiger partial charge in [0.05, 0.1) is 5.71 Å². The minimum Gasteiger partial charge on any atom is -0.307 e. The molecule has 18 heavy (non-hydrogen) atoms. The molecule has 0 bridgehead atoms. The fraction of sp³-hybridized carbons (Fsp3) is 0.400. The van der Waals surface area contributed by atoms with Crippen molar-refractivity contribution < 1.29 is 0 Å². The van der Waals surface area contributed by atoms with Crippen LogP contribution >= 0.6 is 0 Å². The highest BCUT2D eigenvalue weighted by Crippen LogP contribution is 2.31. The Morgan fingerprint density at radius 2 is 2.17 bits per heavy atom. The first-order valence-electron chi connectivity index (χ1n) is 6.60. The molecule has 2 aliphatic rings. The van der Waals surface area contributed by atoms with Gasteiger partial charge in [0.2, 0.25) is 0 Å². The number of hydrogen-bond acceptors (Lipinski definition) is 3. The Morgan fingerprint density at radius 1 is 1.33 bits per heavy atom. The highest BCUT2D eigenvalue weighted by atomic mass is 15.3. The predicted molar refractivity (Wildman–Crippen MR) is 74.3 cm³/mol. The second-order valence-corrected chi connectivity index (χ2v) is 5.13. The van der Waals surface area contributed by atoms with Crippen LogP contribution in [-0.4, -0.2) is 11.9 Å². The van der Waals surface area contributed by atoms with E-state index in [0.717, 1.165) is 19.3 Å². The topological polar surface area (TPSA) is 50.4 Å². The zero-order chi connectivity index (χ0) is 12.5. The Bertz CT molecular complexity index is 528. The van der Waals surface area contributed by atoms with Crippen LogP contribution in [0, 0.1) is 6.92 Å². The van der Waals surface area contributed by atoms with Gasteiger partial charge in [0, 0.05) is 6.42 Å². The first kappa shape index (κ1) is 11.5. The number of allylic oxidation sites excluding steroid dienone is 1. The van der Waals surface area contributed by atoms with Crippen LogP contribution in [0.15, 0.2) is 40.5 Å². The SMILES string of the molecule is Cc1ccccc1CC1=NNC(N)C2=C1CCC2. The molecule has 0 amide bonds. The van der Waals surface area contributed by atoms with Gasteiger partial charge in [-0.2, -0.15) is 5.10 Å². The fourth-order valence-corrected chi connectivity index (χ4v) is 2.87. The van der Waals surface area contributed by atoms with E-state index in [1.807, 2.05) is 0 Å². The van der Waals surface area contributed by atoms with Crippen LogP contribution in [0.1, 0.15) is 30.4 Å². The van der Waals surface area contributed by atoms with Crippen molar-refractivity contribution >= 4 is 5.71 Å². The molecule has 1 aliphatic carbocycles. The Kier molecular flexibility index (Phi) is 2.92. The molecule has 1 unspecified atom stereocenters. The van der Waals surface area contributed by atoms with Crippen molar-refractivity contribution in [3.8, 4) is 0 Å². The molecule has 0 saturated heterocycles. The molecule has 0 aromatic heterocycles. The maximum atomic E-state index is 6.03.